The first-order valence-electron chi connectivity index (χ1n) is 13.7. The van der Waals surface area contributed by atoms with Crippen molar-refractivity contribution in [1.29, 1.82) is 0 Å². The average molecular weight is 394 g/mol. The van der Waals surface area contributed by atoms with E-state index in [2.05, 4.69) is 12.2 Å². The van der Waals surface area contributed by atoms with Crippen molar-refractivity contribution < 1.29 is 0 Å². The van der Waals surface area contributed by atoms with Gasteiger partial charge in [-0.1, -0.05) is 142 Å². The van der Waals surface area contributed by atoms with E-state index >= 15 is 0 Å². The van der Waals surface area contributed by atoms with E-state index in [1.54, 1.807) is 0 Å². The van der Waals surface area contributed by atoms with E-state index in [0.29, 0.717) is 0 Å². The molecule has 1 heteroatoms. The highest BCUT2D eigenvalue weighted by molar-refractivity contribution is 4.70. The lowest BCUT2D eigenvalue weighted by molar-refractivity contribution is 0.446. The maximum atomic E-state index is 3.82. The van der Waals surface area contributed by atoms with Gasteiger partial charge in [-0.3, -0.25) is 0 Å². The van der Waals surface area contributed by atoms with E-state index < -0.39 is 0 Å². The summed E-state index contributed by atoms with van der Waals surface area (Å²) < 4.78 is 0. The number of unbranched alkanes of at least 4 members (excludes halogenated alkanes) is 17. The lowest BCUT2D eigenvalue weighted by atomic mass is 10.0. The van der Waals surface area contributed by atoms with Gasteiger partial charge in [0.25, 0.3) is 0 Å². The molecule has 1 aliphatic carbocycles. The second-order valence-corrected chi connectivity index (χ2v) is 9.65. The lowest BCUT2D eigenvalue weighted by Crippen LogP contribution is -2.29. The molecule has 1 nitrogen and oxygen atoms in total. The maximum absolute atomic E-state index is 3.82. The summed E-state index contributed by atoms with van der Waals surface area (Å²) >= 11 is 0. The quantitative estimate of drug-likeness (QED) is 0.160. The molecule has 0 saturated heterocycles. The van der Waals surface area contributed by atoms with Crippen LogP contribution in [0.3, 0.4) is 0 Å². The molecule has 0 bridgehead atoms. The van der Waals surface area contributed by atoms with Crippen molar-refractivity contribution in [3.63, 3.8) is 0 Å². The third kappa shape index (κ3) is 18.0. The Kier molecular flexibility index (Phi) is 20.1. The molecule has 0 aromatic carbocycles. The minimum absolute atomic E-state index is 0.841. The Labute approximate surface area is 179 Å². The third-order valence-electron chi connectivity index (χ3n) is 6.82. The summed E-state index contributed by atoms with van der Waals surface area (Å²) in [4.78, 5) is 0. The molecule has 0 radical (unpaired) electrons. The van der Waals surface area contributed by atoms with Gasteiger partial charge in [-0.15, -0.1) is 0 Å². The van der Waals surface area contributed by atoms with Crippen LogP contribution in [-0.2, 0) is 0 Å². The van der Waals surface area contributed by atoms with Crippen LogP contribution in [-0.4, -0.2) is 12.6 Å². The van der Waals surface area contributed by atoms with E-state index in [1.165, 1.54) is 161 Å². The van der Waals surface area contributed by atoms with E-state index in [0.717, 1.165) is 6.04 Å². The van der Waals surface area contributed by atoms with Crippen molar-refractivity contribution in [1.82, 2.24) is 5.32 Å². The Morgan fingerprint density at radius 2 is 0.821 bits per heavy atom. The van der Waals surface area contributed by atoms with Gasteiger partial charge >= 0.3 is 0 Å². The van der Waals surface area contributed by atoms with Crippen molar-refractivity contribution in [2.45, 2.75) is 167 Å². The number of hydrogen-bond acceptors (Lipinski definition) is 1. The first-order chi connectivity index (χ1) is 13.9. The molecule has 1 N–H and O–H groups in total. The topological polar surface area (TPSA) is 12.0 Å². The van der Waals surface area contributed by atoms with Gasteiger partial charge in [0.05, 0.1) is 0 Å². The van der Waals surface area contributed by atoms with Crippen LogP contribution < -0.4 is 5.32 Å². The van der Waals surface area contributed by atoms with Crippen LogP contribution in [0.4, 0.5) is 0 Å². The predicted molar refractivity (Wildman–Crippen MR) is 128 cm³/mol. The maximum Gasteiger partial charge on any atom is 0.00670 e. The van der Waals surface area contributed by atoms with Crippen LogP contribution in [0, 0.1) is 0 Å². The van der Waals surface area contributed by atoms with Crippen molar-refractivity contribution in [2.75, 3.05) is 6.54 Å². The van der Waals surface area contributed by atoms with Crippen LogP contribution in [0.25, 0.3) is 0 Å². The lowest BCUT2D eigenvalue weighted by Gasteiger charge is -2.15. The van der Waals surface area contributed by atoms with Crippen molar-refractivity contribution >= 4 is 0 Å². The smallest absolute Gasteiger partial charge is 0.00670 e. The van der Waals surface area contributed by atoms with Gasteiger partial charge < -0.3 is 5.32 Å². The highest BCUT2D eigenvalue weighted by Gasteiger charge is 2.10. The number of nitrogens with one attached hydrogen (secondary N) is 1. The van der Waals surface area contributed by atoms with Gasteiger partial charge in [0.2, 0.25) is 0 Å². The van der Waals surface area contributed by atoms with Gasteiger partial charge in [-0.25, -0.2) is 0 Å². The zero-order valence-electron chi connectivity index (χ0n) is 19.8. The summed E-state index contributed by atoms with van der Waals surface area (Å²) in [5.74, 6) is 0. The van der Waals surface area contributed by atoms with Gasteiger partial charge in [-0.2, -0.15) is 0 Å². The second-order valence-electron chi connectivity index (χ2n) is 9.65. The fraction of sp³-hybridized carbons (Fsp3) is 1.00. The largest absolute Gasteiger partial charge is 0.314 e. The third-order valence-corrected chi connectivity index (χ3v) is 6.82. The fourth-order valence-corrected chi connectivity index (χ4v) is 4.82. The summed E-state index contributed by atoms with van der Waals surface area (Å²) in [6, 6.07) is 0.841. The van der Waals surface area contributed by atoms with Crippen LogP contribution in [0.2, 0.25) is 0 Å². The van der Waals surface area contributed by atoms with Crippen molar-refractivity contribution in [3.8, 4) is 0 Å². The molecule has 1 aliphatic rings. The normalized spacial score (nSPS) is 15.8. The summed E-state index contributed by atoms with van der Waals surface area (Å²) in [6.45, 7) is 3.57. The van der Waals surface area contributed by atoms with Gasteiger partial charge in [0, 0.05) is 6.04 Å². The molecule has 0 spiro atoms. The Morgan fingerprint density at radius 3 is 1.21 bits per heavy atom. The van der Waals surface area contributed by atoms with E-state index in [4.69, 9.17) is 0 Å². The first kappa shape index (κ1) is 26.0. The summed E-state index contributed by atoms with van der Waals surface area (Å²) in [7, 11) is 0. The van der Waals surface area contributed by atoms with Crippen LogP contribution in [0.5, 0.6) is 0 Å². The minimum atomic E-state index is 0.841. The molecule has 0 unspecified atom stereocenters. The SMILES string of the molecule is CCCCCCCCCCCCCCCCCCCCNC1CCCCCC1. The molecule has 0 aliphatic heterocycles. The van der Waals surface area contributed by atoms with E-state index in [9.17, 15) is 0 Å². The average Bonchev–Trinajstić information content (AvgIpc) is 2.98. The molecule has 0 heterocycles. The molecule has 1 saturated carbocycles. The Morgan fingerprint density at radius 1 is 0.464 bits per heavy atom. The van der Waals surface area contributed by atoms with Crippen LogP contribution in [0.1, 0.15) is 161 Å². The highest BCUT2D eigenvalue weighted by atomic mass is 14.9. The molecule has 28 heavy (non-hydrogen) atoms. The molecule has 0 aromatic rings. The molecule has 0 aromatic heterocycles. The predicted octanol–water partition coefficient (Wildman–Crippen LogP) is 9.34. The molecule has 1 fully saturated rings. The van der Waals surface area contributed by atoms with Gasteiger partial charge in [0.15, 0.2) is 0 Å². The molecule has 0 amide bonds. The standard InChI is InChI=1S/C27H55N/c1-2-3-4-5-6-7-8-9-10-11-12-13-14-15-16-17-20-23-26-28-27-24-21-18-19-22-25-27/h27-28H,2-26H2,1H3. The Bertz CT molecular complexity index is 280. The Hall–Kier alpha value is -0.0400. The Balaban J connectivity index is 1.66. The summed E-state index contributed by atoms with van der Waals surface area (Å²) in [5, 5.41) is 3.82. The zero-order chi connectivity index (χ0) is 20.0. The highest BCUT2D eigenvalue weighted by Crippen LogP contribution is 2.17. The van der Waals surface area contributed by atoms with E-state index in [1.807, 2.05) is 0 Å². The van der Waals surface area contributed by atoms with Crippen LogP contribution in [0.15, 0.2) is 0 Å². The van der Waals surface area contributed by atoms with Crippen molar-refractivity contribution in [3.05, 3.63) is 0 Å². The van der Waals surface area contributed by atoms with Crippen molar-refractivity contribution in [2.24, 2.45) is 0 Å². The fourth-order valence-electron chi connectivity index (χ4n) is 4.82. The molecular weight excluding hydrogens is 338 g/mol. The second kappa shape index (κ2) is 21.7. The minimum Gasteiger partial charge on any atom is -0.314 e. The van der Waals surface area contributed by atoms with E-state index in [-0.39, 0.29) is 0 Å². The van der Waals surface area contributed by atoms with Gasteiger partial charge in [-0.05, 0) is 25.8 Å². The van der Waals surface area contributed by atoms with Gasteiger partial charge in [0.1, 0.15) is 0 Å². The first-order valence-corrected chi connectivity index (χ1v) is 13.7. The monoisotopic (exact) mass is 393 g/mol. The zero-order valence-corrected chi connectivity index (χ0v) is 19.8. The number of rotatable bonds is 20. The molecule has 1 rings (SSSR count). The number of hydrogen-bond donors (Lipinski definition) is 1. The summed E-state index contributed by atoms with van der Waals surface area (Å²) in [5.41, 5.74) is 0. The van der Waals surface area contributed by atoms with Crippen LogP contribution >= 0.6 is 0 Å². The molecular formula is C27H55N. The summed E-state index contributed by atoms with van der Waals surface area (Å²) in [6.07, 6.45) is 35.1. The molecule has 0 atom stereocenters. The molecule has 168 valence electrons.